The molecular formula is C19H23BrFNO2. The molecule has 0 amide bonds. The highest BCUT2D eigenvalue weighted by Gasteiger charge is 2.11. The highest BCUT2D eigenvalue weighted by molar-refractivity contribution is 9.10. The maximum Gasteiger partial charge on any atom is 0.175 e. The number of hydrogen-bond acceptors (Lipinski definition) is 3. The smallest absolute Gasteiger partial charge is 0.175 e. The molecule has 0 aliphatic carbocycles. The summed E-state index contributed by atoms with van der Waals surface area (Å²) in [6.07, 6.45) is 1.59. The van der Waals surface area contributed by atoms with Gasteiger partial charge in [-0.1, -0.05) is 25.1 Å². The highest BCUT2D eigenvalue weighted by Crippen LogP contribution is 2.36. The van der Waals surface area contributed by atoms with E-state index in [9.17, 15) is 4.39 Å². The SMILES string of the molecule is CCCOc1c(Br)cc(CNCCc2ccccc2F)cc1OC. The van der Waals surface area contributed by atoms with Crippen LogP contribution < -0.4 is 14.8 Å². The van der Waals surface area contributed by atoms with Crippen molar-refractivity contribution in [2.75, 3.05) is 20.3 Å². The molecule has 0 radical (unpaired) electrons. The van der Waals surface area contributed by atoms with Gasteiger partial charge in [0, 0.05) is 6.54 Å². The molecule has 5 heteroatoms. The molecule has 24 heavy (non-hydrogen) atoms. The Kier molecular flexibility index (Phi) is 7.53. The summed E-state index contributed by atoms with van der Waals surface area (Å²) in [6.45, 7) is 4.09. The van der Waals surface area contributed by atoms with Gasteiger partial charge in [0.15, 0.2) is 11.5 Å². The van der Waals surface area contributed by atoms with E-state index in [4.69, 9.17) is 9.47 Å². The van der Waals surface area contributed by atoms with Crippen molar-refractivity contribution in [2.45, 2.75) is 26.3 Å². The van der Waals surface area contributed by atoms with E-state index in [0.29, 0.717) is 31.9 Å². The monoisotopic (exact) mass is 395 g/mol. The second-order valence-corrected chi connectivity index (χ2v) is 6.33. The van der Waals surface area contributed by atoms with Crippen LogP contribution in [-0.2, 0) is 13.0 Å². The fourth-order valence-corrected chi connectivity index (χ4v) is 2.98. The summed E-state index contributed by atoms with van der Waals surface area (Å²) >= 11 is 3.54. The zero-order valence-corrected chi connectivity index (χ0v) is 15.7. The van der Waals surface area contributed by atoms with Crippen molar-refractivity contribution >= 4 is 15.9 Å². The van der Waals surface area contributed by atoms with Crippen LogP contribution in [0.4, 0.5) is 4.39 Å². The first kappa shape index (κ1) is 18.7. The molecule has 0 fully saturated rings. The Bertz CT molecular complexity index is 664. The lowest BCUT2D eigenvalue weighted by atomic mass is 10.1. The standard InChI is InChI=1S/C19H23BrFNO2/c1-3-10-24-19-16(20)11-14(12-18(19)23-2)13-22-9-8-15-6-4-5-7-17(15)21/h4-7,11-12,22H,3,8-10,13H2,1-2H3. The van der Waals surface area contributed by atoms with E-state index in [1.807, 2.05) is 24.3 Å². The van der Waals surface area contributed by atoms with E-state index >= 15 is 0 Å². The summed E-state index contributed by atoms with van der Waals surface area (Å²) in [5.74, 6) is 1.29. The van der Waals surface area contributed by atoms with Crippen LogP contribution in [0.5, 0.6) is 11.5 Å². The quantitative estimate of drug-likeness (QED) is 0.623. The molecule has 0 heterocycles. The van der Waals surface area contributed by atoms with Crippen molar-refractivity contribution in [3.63, 3.8) is 0 Å². The Morgan fingerprint density at radius 1 is 1.21 bits per heavy atom. The summed E-state index contributed by atoms with van der Waals surface area (Å²) in [5.41, 5.74) is 1.81. The van der Waals surface area contributed by atoms with Crippen LogP contribution in [0.15, 0.2) is 40.9 Å². The van der Waals surface area contributed by atoms with E-state index in [1.165, 1.54) is 6.07 Å². The molecule has 3 nitrogen and oxygen atoms in total. The zero-order chi connectivity index (χ0) is 17.4. The lowest BCUT2D eigenvalue weighted by molar-refractivity contribution is 0.292. The Labute approximate surface area is 151 Å². The van der Waals surface area contributed by atoms with E-state index in [2.05, 4.69) is 28.2 Å². The topological polar surface area (TPSA) is 30.5 Å². The number of methoxy groups -OCH3 is 1. The van der Waals surface area contributed by atoms with Gasteiger partial charge in [-0.05, 0) is 64.6 Å². The Morgan fingerprint density at radius 3 is 2.71 bits per heavy atom. The summed E-state index contributed by atoms with van der Waals surface area (Å²) in [4.78, 5) is 0. The predicted molar refractivity (Wildman–Crippen MR) is 98.3 cm³/mol. The van der Waals surface area contributed by atoms with Crippen molar-refractivity contribution in [1.29, 1.82) is 0 Å². The fourth-order valence-electron chi connectivity index (χ4n) is 2.38. The molecule has 2 rings (SSSR count). The van der Waals surface area contributed by atoms with E-state index in [1.54, 1.807) is 13.2 Å². The van der Waals surface area contributed by atoms with Crippen molar-refractivity contribution < 1.29 is 13.9 Å². The molecule has 0 saturated heterocycles. The van der Waals surface area contributed by atoms with Crippen molar-refractivity contribution in [1.82, 2.24) is 5.32 Å². The predicted octanol–water partition coefficient (Wildman–Crippen LogP) is 4.72. The first-order chi connectivity index (χ1) is 11.7. The van der Waals surface area contributed by atoms with Crippen LogP contribution in [0.1, 0.15) is 24.5 Å². The normalized spacial score (nSPS) is 10.7. The van der Waals surface area contributed by atoms with Crippen LogP contribution in [0.3, 0.4) is 0 Å². The molecule has 130 valence electrons. The van der Waals surface area contributed by atoms with Crippen LogP contribution in [0.2, 0.25) is 0 Å². The Morgan fingerprint density at radius 2 is 2.00 bits per heavy atom. The van der Waals surface area contributed by atoms with Gasteiger partial charge in [0.05, 0.1) is 18.2 Å². The molecule has 0 atom stereocenters. The molecule has 0 unspecified atom stereocenters. The van der Waals surface area contributed by atoms with Gasteiger partial charge in [0.25, 0.3) is 0 Å². The minimum absolute atomic E-state index is 0.152. The molecule has 2 aromatic rings. The minimum atomic E-state index is -0.152. The molecule has 1 N–H and O–H groups in total. The number of nitrogens with one attached hydrogen (secondary N) is 1. The number of benzene rings is 2. The fraction of sp³-hybridized carbons (Fsp3) is 0.368. The van der Waals surface area contributed by atoms with Crippen LogP contribution in [-0.4, -0.2) is 20.3 Å². The van der Waals surface area contributed by atoms with Gasteiger partial charge in [-0.2, -0.15) is 0 Å². The summed E-state index contributed by atoms with van der Waals surface area (Å²) < 4.78 is 25.6. The third-order valence-corrected chi connectivity index (χ3v) is 4.19. The summed E-state index contributed by atoms with van der Waals surface area (Å²) in [6, 6.07) is 10.9. The molecule has 0 spiro atoms. The second-order valence-electron chi connectivity index (χ2n) is 5.48. The number of halogens is 2. The van der Waals surface area contributed by atoms with Crippen molar-refractivity contribution in [2.24, 2.45) is 0 Å². The molecule has 0 aliphatic rings. The molecule has 0 saturated carbocycles. The Hall–Kier alpha value is -1.59. The van der Waals surface area contributed by atoms with Crippen LogP contribution >= 0.6 is 15.9 Å². The van der Waals surface area contributed by atoms with Crippen LogP contribution in [0, 0.1) is 5.82 Å². The van der Waals surface area contributed by atoms with Gasteiger partial charge in [-0.15, -0.1) is 0 Å². The maximum atomic E-state index is 13.6. The molecular weight excluding hydrogens is 373 g/mol. The van der Waals surface area contributed by atoms with Gasteiger partial charge in [-0.25, -0.2) is 4.39 Å². The average molecular weight is 396 g/mol. The zero-order valence-electron chi connectivity index (χ0n) is 14.1. The van der Waals surface area contributed by atoms with E-state index in [0.717, 1.165) is 27.8 Å². The lowest BCUT2D eigenvalue weighted by Gasteiger charge is -2.14. The molecule has 2 aromatic carbocycles. The molecule has 0 aliphatic heterocycles. The Balaban J connectivity index is 1.93. The van der Waals surface area contributed by atoms with Gasteiger partial charge in [0.2, 0.25) is 0 Å². The van der Waals surface area contributed by atoms with Crippen molar-refractivity contribution in [3.8, 4) is 11.5 Å². The maximum absolute atomic E-state index is 13.6. The van der Waals surface area contributed by atoms with Crippen LogP contribution in [0.25, 0.3) is 0 Å². The molecule has 0 bridgehead atoms. The van der Waals surface area contributed by atoms with Gasteiger partial charge in [-0.3, -0.25) is 0 Å². The van der Waals surface area contributed by atoms with E-state index in [-0.39, 0.29) is 5.82 Å². The third-order valence-electron chi connectivity index (χ3n) is 3.60. The average Bonchev–Trinajstić information content (AvgIpc) is 2.58. The van der Waals surface area contributed by atoms with Gasteiger partial charge >= 0.3 is 0 Å². The van der Waals surface area contributed by atoms with E-state index < -0.39 is 0 Å². The lowest BCUT2D eigenvalue weighted by Crippen LogP contribution is -2.17. The number of rotatable bonds is 9. The first-order valence-corrected chi connectivity index (χ1v) is 8.88. The summed E-state index contributed by atoms with van der Waals surface area (Å²) in [7, 11) is 1.63. The van der Waals surface area contributed by atoms with Gasteiger partial charge in [0.1, 0.15) is 5.82 Å². The highest BCUT2D eigenvalue weighted by atomic mass is 79.9. The third kappa shape index (κ3) is 5.21. The second kappa shape index (κ2) is 9.64. The molecule has 0 aromatic heterocycles. The number of hydrogen-bond donors (Lipinski definition) is 1. The minimum Gasteiger partial charge on any atom is -0.493 e. The largest absolute Gasteiger partial charge is 0.493 e. The van der Waals surface area contributed by atoms with Gasteiger partial charge < -0.3 is 14.8 Å². The first-order valence-electron chi connectivity index (χ1n) is 8.09. The van der Waals surface area contributed by atoms with Crippen molar-refractivity contribution in [3.05, 3.63) is 57.8 Å². The summed E-state index contributed by atoms with van der Waals surface area (Å²) in [5, 5.41) is 3.33. The number of ether oxygens (including phenoxy) is 2.